The number of piperidine rings is 2. The Morgan fingerprint density at radius 2 is 1.84 bits per heavy atom. The van der Waals surface area contributed by atoms with Gasteiger partial charge in [0.2, 0.25) is 0 Å². The molecule has 0 radical (unpaired) electrons. The molecule has 2 saturated carbocycles. The predicted molar refractivity (Wildman–Crippen MR) is 186 cm³/mol. The highest BCUT2D eigenvalue weighted by atomic mass is 19.3. The van der Waals surface area contributed by atoms with Gasteiger partial charge in [-0.15, -0.1) is 6.42 Å². The van der Waals surface area contributed by atoms with Crippen molar-refractivity contribution in [3.8, 4) is 35.4 Å². The highest BCUT2D eigenvalue weighted by molar-refractivity contribution is 6.03. The van der Waals surface area contributed by atoms with Crippen LogP contribution in [0.15, 0.2) is 30.5 Å². The van der Waals surface area contributed by atoms with Gasteiger partial charge in [0.1, 0.15) is 28.6 Å². The predicted octanol–water partition coefficient (Wildman–Crippen LogP) is 7.08. The maximum absolute atomic E-state index is 16.9. The van der Waals surface area contributed by atoms with E-state index in [0.717, 1.165) is 38.6 Å². The van der Waals surface area contributed by atoms with Crippen LogP contribution in [-0.2, 0) is 0 Å². The topological polar surface area (TPSA) is 94.8 Å². The summed E-state index contributed by atoms with van der Waals surface area (Å²) >= 11 is 0. The zero-order chi connectivity index (χ0) is 35.9. The van der Waals surface area contributed by atoms with Crippen molar-refractivity contribution in [2.45, 2.75) is 76.4 Å². The first-order valence-corrected chi connectivity index (χ1v) is 17.8. The molecule has 5 atom stereocenters. The Hall–Kier alpha value is -4.21. The average molecular weight is 704 g/mol. The molecule has 0 amide bonds. The molecule has 0 bridgehead atoms. The molecule has 2 aliphatic heterocycles. The van der Waals surface area contributed by atoms with Crippen molar-refractivity contribution in [1.29, 1.82) is 0 Å². The van der Waals surface area contributed by atoms with Crippen LogP contribution in [0.2, 0.25) is 0 Å². The van der Waals surface area contributed by atoms with E-state index < -0.39 is 35.0 Å². The van der Waals surface area contributed by atoms with Crippen molar-refractivity contribution in [1.82, 2.24) is 19.9 Å². The number of rotatable bonds is 7. The number of terminal acetylenes is 1. The van der Waals surface area contributed by atoms with E-state index in [4.69, 9.17) is 16.1 Å². The number of anilines is 1. The van der Waals surface area contributed by atoms with Crippen molar-refractivity contribution < 1.29 is 32.5 Å². The van der Waals surface area contributed by atoms with Gasteiger partial charge in [-0.3, -0.25) is 9.88 Å². The van der Waals surface area contributed by atoms with Gasteiger partial charge in [0.05, 0.1) is 23.2 Å². The lowest BCUT2D eigenvalue weighted by molar-refractivity contribution is -0.0102. The first kappa shape index (κ1) is 33.9. The molecule has 268 valence electrons. The maximum Gasteiger partial charge on any atom is 0.319 e. The molecule has 2 N–H and O–H groups in total. The second-order valence-electron chi connectivity index (χ2n) is 15.4. The molecule has 8 rings (SSSR count). The zero-order valence-electron chi connectivity index (χ0n) is 28.7. The summed E-state index contributed by atoms with van der Waals surface area (Å²) in [5.41, 5.74) is -1.54. The number of fused-ring (bicyclic) bond motifs is 3. The van der Waals surface area contributed by atoms with Gasteiger partial charge in [-0.2, -0.15) is 9.97 Å². The molecular formula is C39H41F4N5O3. The van der Waals surface area contributed by atoms with Gasteiger partial charge in [-0.25, -0.2) is 17.6 Å². The van der Waals surface area contributed by atoms with Gasteiger partial charge in [-0.05, 0) is 75.6 Å². The molecule has 4 aromatic rings. The summed E-state index contributed by atoms with van der Waals surface area (Å²) in [6, 6.07) is 5.42. The molecule has 1 unspecified atom stereocenters. The van der Waals surface area contributed by atoms with Crippen LogP contribution in [0.3, 0.4) is 0 Å². The smallest absolute Gasteiger partial charge is 0.319 e. The quantitative estimate of drug-likeness (QED) is 0.156. The molecule has 2 aromatic heterocycles. The second-order valence-corrected chi connectivity index (χ2v) is 15.4. The Labute approximate surface area is 293 Å². The van der Waals surface area contributed by atoms with Gasteiger partial charge in [0.15, 0.2) is 5.82 Å². The maximum atomic E-state index is 16.9. The number of hydrogen-bond donors (Lipinski definition) is 2. The van der Waals surface area contributed by atoms with Crippen LogP contribution in [-0.4, -0.2) is 80.4 Å². The summed E-state index contributed by atoms with van der Waals surface area (Å²) in [5.74, 6) is -2.82. The number of benzene rings is 2. The molecule has 2 aliphatic carbocycles. The van der Waals surface area contributed by atoms with Crippen LogP contribution in [0.1, 0.15) is 64.4 Å². The van der Waals surface area contributed by atoms with Crippen molar-refractivity contribution in [3.05, 3.63) is 47.7 Å². The molecule has 51 heavy (non-hydrogen) atoms. The van der Waals surface area contributed by atoms with E-state index in [1.54, 1.807) is 13.8 Å². The summed E-state index contributed by atoms with van der Waals surface area (Å²) < 4.78 is 66.8. The first-order valence-electron chi connectivity index (χ1n) is 17.8. The number of ether oxygens (including phenoxy) is 1. The molecule has 4 fully saturated rings. The van der Waals surface area contributed by atoms with E-state index in [1.807, 2.05) is 4.90 Å². The fraction of sp³-hybridized carbons (Fsp3) is 0.513. The number of aromatic nitrogens is 3. The van der Waals surface area contributed by atoms with E-state index in [1.165, 1.54) is 30.5 Å². The minimum absolute atomic E-state index is 0.0469. The van der Waals surface area contributed by atoms with Crippen molar-refractivity contribution in [3.63, 3.8) is 0 Å². The highest BCUT2D eigenvalue weighted by Gasteiger charge is 2.66. The largest absolute Gasteiger partial charge is 0.508 e. The van der Waals surface area contributed by atoms with Gasteiger partial charge in [0.25, 0.3) is 5.92 Å². The summed E-state index contributed by atoms with van der Waals surface area (Å²) in [4.78, 5) is 17.9. The Bertz CT molecular complexity index is 2090. The summed E-state index contributed by atoms with van der Waals surface area (Å²) in [5, 5.41) is 22.5. The van der Waals surface area contributed by atoms with E-state index >= 15 is 4.39 Å². The third-order valence-electron chi connectivity index (χ3n) is 12.0. The fourth-order valence-corrected chi connectivity index (χ4v) is 9.20. The normalized spacial score (nSPS) is 28.9. The minimum Gasteiger partial charge on any atom is -0.508 e. The summed E-state index contributed by atoms with van der Waals surface area (Å²) in [6.45, 7) is 5.54. The van der Waals surface area contributed by atoms with Crippen molar-refractivity contribution >= 4 is 27.5 Å². The van der Waals surface area contributed by atoms with Crippen LogP contribution in [0.4, 0.5) is 23.4 Å². The van der Waals surface area contributed by atoms with E-state index in [9.17, 15) is 23.4 Å². The summed E-state index contributed by atoms with van der Waals surface area (Å²) in [6.07, 6.45) is 12.9. The number of likely N-dealkylation sites (tertiary alicyclic amines) is 1. The van der Waals surface area contributed by atoms with Crippen LogP contribution >= 0.6 is 0 Å². The minimum atomic E-state index is -2.62. The fourth-order valence-electron chi connectivity index (χ4n) is 9.20. The van der Waals surface area contributed by atoms with Crippen LogP contribution in [0, 0.1) is 41.2 Å². The molecule has 2 saturated heterocycles. The standard InChI is InChI=1S/C39H41F4N5O3/c1-4-25-29(40)10-9-23-16-24(49)17-26(31(23)25)33-32(41)34-27(18-44-33)35(48-15-6-11-37(3,50)20-48)46-36(45-34)51-21-38-12-5-8-30(38)47(14-7-13-38)19-28-22(2)39(28,42)43/h1,9-10,16-18,22,28,30,49-50H,5-8,11-15,19-21H2,2-3H3/t22-,28?,30-,37-,38-/m1/s1. The lowest BCUT2D eigenvalue weighted by Crippen LogP contribution is -2.52. The van der Waals surface area contributed by atoms with E-state index in [2.05, 4.69) is 20.8 Å². The lowest BCUT2D eigenvalue weighted by Gasteiger charge is -2.46. The Balaban J connectivity index is 1.20. The number of nitrogens with zero attached hydrogens (tertiary/aromatic N) is 5. The summed E-state index contributed by atoms with van der Waals surface area (Å²) in [7, 11) is 0. The third kappa shape index (κ3) is 5.73. The van der Waals surface area contributed by atoms with Crippen LogP contribution in [0.5, 0.6) is 11.8 Å². The third-order valence-corrected chi connectivity index (χ3v) is 12.0. The number of pyridine rings is 1. The number of phenols is 1. The molecule has 2 aromatic carbocycles. The van der Waals surface area contributed by atoms with Crippen LogP contribution in [0.25, 0.3) is 32.9 Å². The number of phenolic OH excluding ortho intramolecular Hbond substituents is 1. The first-order chi connectivity index (χ1) is 24.3. The molecule has 4 aliphatic rings. The Morgan fingerprint density at radius 3 is 2.59 bits per heavy atom. The number of aliphatic hydroxyl groups is 1. The monoisotopic (exact) mass is 703 g/mol. The Kier molecular flexibility index (Phi) is 8.11. The van der Waals surface area contributed by atoms with Gasteiger partial charge in [-0.1, -0.05) is 25.3 Å². The van der Waals surface area contributed by atoms with Gasteiger partial charge >= 0.3 is 6.01 Å². The highest BCUT2D eigenvalue weighted by Crippen LogP contribution is 2.57. The zero-order valence-corrected chi connectivity index (χ0v) is 28.7. The van der Waals surface area contributed by atoms with Crippen molar-refractivity contribution in [2.24, 2.45) is 17.3 Å². The number of alkyl halides is 2. The van der Waals surface area contributed by atoms with Crippen molar-refractivity contribution in [2.75, 3.05) is 37.7 Å². The molecule has 4 heterocycles. The molecular weight excluding hydrogens is 662 g/mol. The van der Waals surface area contributed by atoms with Gasteiger partial charge < -0.3 is 19.8 Å². The average Bonchev–Trinajstić information content (AvgIpc) is 3.37. The number of β-amino-alcohol motifs (C(OH)–C–C–N with tert-alkyl or cyclic N) is 1. The molecule has 12 heteroatoms. The SMILES string of the molecule is C#Cc1c(F)ccc2cc(O)cc(-c3ncc4c(N5CCC[C@@](C)(O)C5)nc(OC[C@]56CCC[C@H]5N(CC5[C@@H](C)C5(F)F)CCC6)nc4c3F)c12. The van der Waals surface area contributed by atoms with E-state index in [0.29, 0.717) is 42.5 Å². The number of aromatic hydroxyl groups is 1. The molecule has 0 spiro atoms. The molecule has 8 nitrogen and oxygen atoms in total. The lowest BCUT2D eigenvalue weighted by atomic mass is 9.75. The Morgan fingerprint density at radius 1 is 1.08 bits per heavy atom. The number of hydrogen-bond acceptors (Lipinski definition) is 8. The van der Waals surface area contributed by atoms with Gasteiger partial charge in [0, 0.05) is 60.1 Å². The van der Waals surface area contributed by atoms with Crippen LogP contribution < -0.4 is 9.64 Å². The number of halogens is 4. The van der Waals surface area contributed by atoms with E-state index in [-0.39, 0.29) is 64.1 Å². The second kappa shape index (κ2) is 12.2.